The van der Waals surface area contributed by atoms with Crippen LogP contribution in [0, 0.1) is 6.92 Å². The number of rotatable bonds is 2. The molecule has 0 aliphatic rings. The molecule has 0 fully saturated rings. The van der Waals surface area contributed by atoms with Gasteiger partial charge in [-0.1, -0.05) is 23.2 Å². The molecule has 0 atom stereocenters. The number of hydrogen-bond donors (Lipinski definition) is 0. The van der Waals surface area contributed by atoms with Gasteiger partial charge in [0, 0.05) is 13.5 Å². The van der Waals surface area contributed by atoms with E-state index >= 15 is 0 Å². The lowest BCUT2D eigenvalue weighted by Crippen LogP contribution is -2.11. The Labute approximate surface area is 53.6 Å². The molecule has 7 heavy (non-hydrogen) atoms. The number of ether oxygens (including phenoxy) is 1. The van der Waals surface area contributed by atoms with Crippen molar-refractivity contribution >= 4 is 23.2 Å². The van der Waals surface area contributed by atoms with E-state index in [1.165, 1.54) is 0 Å². The van der Waals surface area contributed by atoms with Gasteiger partial charge >= 0.3 is 0 Å². The zero-order valence-electron chi connectivity index (χ0n) is 4.08. The molecule has 0 saturated carbocycles. The smallest absolute Gasteiger partial charge is 0.217 e. The van der Waals surface area contributed by atoms with Crippen molar-refractivity contribution in [2.24, 2.45) is 0 Å². The largest absolute Gasteiger partial charge is 0.347 e. The summed E-state index contributed by atoms with van der Waals surface area (Å²) < 4.78 is 3.39. The van der Waals surface area contributed by atoms with Crippen molar-refractivity contribution in [2.75, 3.05) is 6.61 Å². The molecule has 0 heterocycles. The SMILES string of the molecule is [CH2]C(Cl)(Cl)OCC. The van der Waals surface area contributed by atoms with Gasteiger partial charge in [-0.25, -0.2) is 0 Å². The number of halogens is 2. The molecule has 0 spiro atoms. The topological polar surface area (TPSA) is 9.23 Å². The second kappa shape index (κ2) is 2.75. The monoisotopic (exact) mass is 141 g/mol. The van der Waals surface area contributed by atoms with Crippen LogP contribution in [0.1, 0.15) is 6.92 Å². The summed E-state index contributed by atoms with van der Waals surface area (Å²) in [5.74, 6) is 0. The predicted molar refractivity (Wildman–Crippen MR) is 31.4 cm³/mol. The van der Waals surface area contributed by atoms with Gasteiger partial charge in [0.05, 0.1) is 0 Å². The molecule has 0 aliphatic carbocycles. The van der Waals surface area contributed by atoms with Gasteiger partial charge in [0.2, 0.25) is 4.52 Å². The predicted octanol–water partition coefficient (Wildman–Crippen LogP) is 1.99. The molecule has 3 heteroatoms. The van der Waals surface area contributed by atoms with Crippen LogP contribution in [0.25, 0.3) is 0 Å². The molecule has 0 N–H and O–H groups in total. The average molecular weight is 142 g/mol. The van der Waals surface area contributed by atoms with Crippen molar-refractivity contribution in [1.82, 2.24) is 0 Å². The van der Waals surface area contributed by atoms with E-state index in [-0.39, 0.29) is 0 Å². The third-order valence-electron chi connectivity index (χ3n) is 0.356. The van der Waals surface area contributed by atoms with E-state index < -0.39 is 4.52 Å². The van der Waals surface area contributed by atoms with Crippen LogP contribution in [0.4, 0.5) is 0 Å². The second-order valence-electron chi connectivity index (χ2n) is 1.07. The van der Waals surface area contributed by atoms with E-state index in [2.05, 4.69) is 11.7 Å². The van der Waals surface area contributed by atoms with Gasteiger partial charge in [0.25, 0.3) is 0 Å². The Bertz CT molecular complexity index is 48.1. The molecule has 0 amide bonds. The second-order valence-corrected chi connectivity index (χ2v) is 2.48. The summed E-state index contributed by atoms with van der Waals surface area (Å²) in [5.41, 5.74) is 0. The fourth-order valence-corrected chi connectivity index (χ4v) is 0.429. The Morgan fingerprint density at radius 1 is 1.71 bits per heavy atom. The minimum absolute atomic E-state index is 0.483. The summed E-state index contributed by atoms with van der Waals surface area (Å²) >= 11 is 10.5. The molecule has 0 aromatic rings. The summed E-state index contributed by atoms with van der Waals surface area (Å²) in [5, 5.41) is 0. The highest BCUT2D eigenvalue weighted by atomic mass is 35.5. The van der Waals surface area contributed by atoms with Gasteiger partial charge in [-0.2, -0.15) is 0 Å². The van der Waals surface area contributed by atoms with Gasteiger partial charge in [0.15, 0.2) is 0 Å². The third kappa shape index (κ3) is 6.54. The van der Waals surface area contributed by atoms with Crippen LogP contribution in [0.5, 0.6) is 0 Å². The van der Waals surface area contributed by atoms with Gasteiger partial charge in [-0.3, -0.25) is 0 Å². The van der Waals surface area contributed by atoms with Crippen LogP contribution in [-0.4, -0.2) is 11.1 Å². The maximum atomic E-state index is 5.27. The lowest BCUT2D eigenvalue weighted by Gasteiger charge is -2.10. The number of hydrogen-bond acceptors (Lipinski definition) is 1. The van der Waals surface area contributed by atoms with Crippen molar-refractivity contribution in [3.63, 3.8) is 0 Å². The first-order valence-corrected chi connectivity index (χ1v) is 2.69. The van der Waals surface area contributed by atoms with Crippen LogP contribution < -0.4 is 0 Å². The zero-order valence-corrected chi connectivity index (χ0v) is 5.59. The lowest BCUT2D eigenvalue weighted by molar-refractivity contribution is 0.120. The first-order chi connectivity index (χ1) is 3.06. The standard InChI is InChI=1S/C4H7Cl2O/c1-3-7-4(2,5)6/h2-3H2,1H3. The molecule has 1 radical (unpaired) electrons. The summed E-state index contributed by atoms with van der Waals surface area (Å²) in [6.45, 7) is 5.55. The van der Waals surface area contributed by atoms with E-state index in [0.29, 0.717) is 6.61 Å². The quantitative estimate of drug-likeness (QED) is 0.535. The molecule has 0 aromatic heterocycles. The third-order valence-corrected chi connectivity index (χ3v) is 0.574. The highest BCUT2D eigenvalue weighted by molar-refractivity contribution is 6.47. The first-order valence-electron chi connectivity index (χ1n) is 1.93. The van der Waals surface area contributed by atoms with Gasteiger partial charge < -0.3 is 4.74 Å². The zero-order chi connectivity index (χ0) is 5.91. The minimum Gasteiger partial charge on any atom is -0.347 e. The molecule has 0 bridgehead atoms. The minimum atomic E-state index is -1.26. The van der Waals surface area contributed by atoms with Crippen molar-refractivity contribution in [1.29, 1.82) is 0 Å². The average Bonchev–Trinajstić information content (AvgIpc) is 1.30. The van der Waals surface area contributed by atoms with E-state index in [0.717, 1.165) is 0 Å². The molecule has 43 valence electrons. The van der Waals surface area contributed by atoms with Crippen molar-refractivity contribution < 1.29 is 4.74 Å². The van der Waals surface area contributed by atoms with Crippen LogP contribution in [0.15, 0.2) is 0 Å². The molecular weight excluding hydrogens is 135 g/mol. The van der Waals surface area contributed by atoms with E-state index in [9.17, 15) is 0 Å². The fraction of sp³-hybridized carbons (Fsp3) is 0.750. The summed E-state index contributed by atoms with van der Waals surface area (Å²) in [6, 6.07) is 0. The fourth-order valence-electron chi connectivity index (χ4n) is 0.211. The molecule has 0 aromatic carbocycles. The molecule has 0 aliphatic heterocycles. The first kappa shape index (κ1) is 7.54. The highest BCUT2D eigenvalue weighted by Gasteiger charge is 2.14. The van der Waals surface area contributed by atoms with Gasteiger partial charge in [-0.15, -0.1) is 0 Å². The van der Waals surface area contributed by atoms with Crippen LogP contribution in [-0.2, 0) is 4.74 Å². The molecule has 1 nitrogen and oxygen atoms in total. The maximum absolute atomic E-state index is 5.27. The van der Waals surface area contributed by atoms with E-state index in [4.69, 9.17) is 23.2 Å². The summed E-state index contributed by atoms with van der Waals surface area (Å²) in [4.78, 5) is 0. The lowest BCUT2D eigenvalue weighted by atomic mass is 10.8. The summed E-state index contributed by atoms with van der Waals surface area (Å²) in [6.07, 6.45) is 0. The van der Waals surface area contributed by atoms with Crippen molar-refractivity contribution in [3.8, 4) is 0 Å². The Morgan fingerprint density at radius 3 is 2.14 bits per heavy atom. The Kier molecular flexibility index (Phi) is 2.96. The molecule has 0 saturated heterocycles. The van der Waals surface area contributed by atoms with Crippen LogP contribution in [0.2, 0.25) is 0 Å². The van der Waals surface area contributed by atoms with Gasteiger partial charge in [-0.05, 0) is 6.92 Å². The normalized spacial score (nSPS) is 12.0. The molecule has 0 rings (SSSR count). The van der Waals surface area contributed by atoms with E-state index in [1.807, 2.05) is 0 Å². The van der Waals surface area contributed by atoms with Gasteiger partial charge in [0.1, 0.15) is 0 Å². The highest BCUT2D eigenvalue weighted by Crippen LogP contribution is 2.19. The molecule has 0 unspecified atom stereocenters. The Balaban J connectivity index is 3.15. The van der Waals surface area contributed by atoms with Crippen LogP contribution in [0.3, 0.4) is 0 Å². The Hall–Kier alpha value is 0.540. The maximum Gasteiger partial charge on any atom is 0.217 e. The van der Waals surface area contributed by atoms with Crippen LogP contribution >= 0.6 is 23.2 Å². The van der Waals surface area contributed by atoms with E-state index in [1.54, 1.807) is 6.92 Å². The van der Waals surface area contributed by atoms with Crippen molar-refractivity contribution in [3.05, 3.63) is 6.92 Å². The van der Waals surface area contributed by atoms with Crippen molar-refractivity contribution in [2.45, 2.75) is 11.4 Å². The molecular formula is C4H7Cl2O. The summed E-state index contributed by atoms with van der Waals surface area (Å²) in [7, 11) is 0. The number of alkyl halides is 2. The Morgan fingerprint density at radius 2 is 2.14 bits per heavy atom.